The van der Waals surface area contributed by atoms with E-state index in [1.54, 1.807) is 13.8 Å². The van der Waals surface area contributed by atoms with E-state index in [0.29, 0.717) is 29.9 Å². The van der Waals surface area contributed by atoms with E-state index in [4.69, 9.17) is 0 Å². The summed E-state index contributed by atoms with van der Waals surface area (Å²) in [6.07, 6.45) is 1.30. The van der Waals surface area contributed by atoms with Crippen molar-refractivity contribution in [1.82, 2.24) is 4.72 Å². The molecule has 9 nitrogen and oxygen atoms in total. The van der Waals surface area contributed by atoms with Crippen molar-refractivity contribution in [3.63, 3.8) is 0 Å². The van der Waals surface area contributed by atoms with Gasteiger partial charge in [0.1, 0.15) is 5.84 Å². The molecule has 0 saturated carbocycles. The van der Waals surface area contributed by atoms with Gasteiger partial charge in [0.05, 0.1) is 21.0 Å². The zero-order valence-electron chi connectivity index (χ0n) is 16.3. The summed E-state index contributed by atoms with van der Waals surface area (Å²) in [5.41, 5.74) is 0.783. The lowest BCUT2D eigenvalue weighted by Crippen LogP contribution is -2.29. The number of aliphatic imine (C=N–C) groups is 1. The van der Waals surface area contributed by atoms with E-state index >= 15 is 0 Å². The van der Waals surface area contributed by atoms with Gasteiger partial charge in [-0.05, 0) is 61.7 Å². The van der Waals surface area contributed by atoms with Gasteiger partial charge in [-0.2, -0.15) is 0 Å². The Kier molecular flexibility index (Phi) is 5.86. The predicted molar refractivity (Wildman–Crippen MR) is 112 cm³/mol. The van der Waals surface area contributed by atoms with Crippen molar-refractivity contribution in [2.24, 2.45) is 4.99 Å². The molecule has 0 spiro atoms. The standard InChI is InChI=1S/C19H21N3O6S2/c1-12-9-14(19(23)24)10-17(13(12)2)30(27,28)21-15-5-3-6-16(11-15)29(25,26)22-18-7-4-8-20-18/h3,5-6,9-11,21H,4,7-8H2,1-2H3,(H,20,22)(H,23,24). The molecule has 1 aliphatic heterocycles. The third-order valence-corrected chi connectivity index (χ3v) is 7.57. The zero-order chi connectivity index (χ0) is 22.1. The molecular formula is C19H21N3O6S2. The van der Waals surface area contributed by atoms with Crippen LogP contribution >= 0.6 is 0 Å². The summed E-state index contributed by atoms with van der Waals surface area (Å²) in [5, 5.41) is 9.22. The molecule has 0 unspecified atom stereocenters. The van der Waals surface area contributed by atoms with Gasteiger partial charge in [0.2, 0.25) is 0 Å². The number of hydrogen-bond acceptors (Lipinski definition) is 6. The van der Waals surface area contributed by atoms with E-state index in [0.717, 1.165) is 12.5 Å². The summed E-state index contributed by atoms with van der Waals surface area (Å²) < 4.78 is 55.7. The monoisotopic (exact) mass is 451 g/mol. The van der Waals surface area contributed by atoms with Crippen molar-refractivity contribution in [2.45, 2.75) is 36.5 Å². The number of hydrogen-bond donors (Lipinski definition) is 3. The maximum Gasteiger partial charge on any atom is 0.335 e. The molecule has 11 heteroatoms. The number of nitrogens with one attached hydrogen (secondary N) is 2. The van der Waals surface area contributed by atoms with Crippen LogP contribution in [0.3, 0.4) is 0 Å². The first kappa shape index (κ1) is 21.8. The number of carboxylic acid groups (broad SMARTS) is 1. The van der Waals surface area contributed by atoms with Crippen LogP contribution in [0, 0.1) is 13.8 Å². The van der Waals surface area contributed by atoms with Crippen molar-refractivity contribution >= 4 is 37.5 Å². The Morgan fingerprint density at radius 2 is 1.77 bits per heavy atom. The van der Waals surface area contributed by atoms with Crippen LogP contribution in [0.15, 0.2) is 51.2 Å². The molecule has 3 rings (SSSR count). The summed E-state index contributed by atoms with van der Waals surface area (Å²) in [6, 6.07) is 7.82. The van der Waals surface area contributed by atoms with Gasteiger partial charge in [0.15, 0.2) is 0 Å². The van der Waals surface area contributed by atoms with Gasteiger partial charge in [0.25, 0.3) is 20.0 Å². The molecule has 1 heterocycles. The molecule has 0 saturated heterocycles. The van der Waals surface area contributed by atoms with E-state index in [2.05, 4.69) is 14.4 Å². The second-order valence-corrected chi connectivity index (χ2v) is 10.2. The number of nitrogens with zero attached hydrogens (tertiary/aromatic N) is 1. The Balaban J connectivity index is 1.93. The number of aromatic carboxylic acids is 1. The van der Waals surface area contributed by atoms with E-state index < -0.39 is 26.0 Å². The van der Waals surface area contributed by atoms with Crippen molar-refractivity contribution in [2.75, 3.05) is 11.3 Å². The molecule has 0 fully saturated rings. The predicted octanol–water partition coefficient (Wildman–Crippen LogP) is 2.27. The maximum atomic E-state index is 12.9. The Hall–Kier alpha value is -2.92. The number of aryl methyl sites for hydroxylation is 1. The number of amidine groups is 1. The van der Waals surface area contributed by atoms with Crippen LogP contribution in [0.5, 0.6) is 0 Å². The minimum absolute atomic E-state index is 0.0315. The fourth-order valence-corrected chi connectivity index (χ4v) is 5.53. The van der Waals surface area contributed by atoms with Crippen LogP contribution < -0.4 is 9.44 Å². The lowest BCUT2D eigenvalue weighted by molar-refractivity contribution is 0.0696. The lowest BCUT2D eigenvalue weighted by atomic mass is 10.1. The van der Waals surface area contributed by atoms with E-state index in [-0.39, 0.29) is 21.0 Å². The van der Waals surface area contributed by atoms with Gasteiger partial charge in [-0.25, -0.2) is 21.6 Å². The SMILES string of the molecule is Cc1cc(C(=O)O)cc(S(=O)(=O)Nc2cccc(S(=O)(=O)NC3=NCCC3)c2)c1C. The topological polar surface area (TPSA) is 142 Å². The van der Waals surface area contributed by atoms with E-state index in [9.17, 15) is 26.7 Å². The van der Waals surface area contributed by atoms with Crippen LogP contribution in [0.1, 0.15) is 34.3 Å². The Bertz CT molecular complexity index is 1250. The summed E-state index contributed by atoms with van der Waals surface area (Å²) >= 11 is 0. The summed E-state index contributed by atoms with van der Waals surface area (Å²) in [7, 11) is -8.07. The number of benzene rings is 2. The molecule has 2 aromatic rings. The molecule has 0 aliphatic carbocycles. The molecule has 1 aliphatic rings. The first-order valence-electron chi connectivity index (χ1n) is 9.03. The molecule has 0 bridgehead atoms. The van der Waals surface area contributed by atoms with Crippen molar-refractivity contribution in [1.29, 1.82) is 0 Å². The van der Waals surface area contributed by atoms with Crippen LogP contribution in [0.25, 0.3) is 0 Å². The number of carboxylic acids is 1. The van der Waals surface area contributed by atoms with Gasteiger partial charge in [-0.15, -0.1) is 0 Å². The molecule has 0 amide bonds. The highest BCUT2D eigenvalue weighted by atomic mass is 32.2. The van der Waals surface area contributed by atoms with E-state index in [1.807, 2.05) is 0 Å². The minimum Gasteiger partial charge on any atom is -0.478 e. The largest absolute Gasteiger partial charge is 0.478 e. The molecule has 160 valence electrons. The number of sulfonamides is 2. The number of carbonyl (C=O) groups is 1. The highest BCUT2D eigenvalue weighted by Crippen LogP contribution is 2.25. The first-order chi connectivity index (χ1) is 14.0. The highest BCUT2D eigenvalue weighted by molar-refractivity contribution is 7.92. The quantitative estimate of drug-likeness (QED) is 0.615. The fraction of sp³-hybridized carbons (Fsp3) is 0.263. The van der Waals surface area contributed by atoms with E-state index in [1.165, 1.54) is 30.3 Å². The Morgan fingerprint density at radius 3 is 2.40 bits per heavy atom. The van der Waals surface area contributed by atoms with Crippen LogP contribution in [-0.2, 0) is 20.0 Å². The lowest BCUT2D eigenvalue weighted by Gasteiger charge is -2.14. The minimum atomic E-state index is -4.16. The molecule has 2 aromatic carbocycles. The smallest absolute Gasteiger partial charge is 0.335 e. The van der Waals surface area contributed by atoms with Crippen LogP contribution in [0.4, 0.5) is 5.69 Å². The summed E-state index contributed by atoms with van der Waals surface area (Å²) in [4.78, 5) is 15.1. The van der Waals surface area contributed by atoms with Crippen LogP contribution in [0.2, 0.25) is 0 Å². The third kappa shape index (κ3) is 4.62. The Labute approximate surface area is 175 Å². The molecule has 30 heavy (non-hydrogen) atoms. The van der Waals surface area contributed by atoms with Gasteiger partial charge in [-0.1, -0.05) is 6.07 Å². The highest BCUT2D eigenvalue weighted by Gasteiger charge is 2.23. The second kappa shape index (κ2) is 8.07. The first-order valence-corrected chi connectivity index (χ1v) is 12.0. The number of anilines is 1. The molecule has 0 radical (unpaired) electrons. The molecule has 3 N–H and O–H groups in total. The third-order valence-electron chi connectivity index (χ3n) is 4.68. The maximum absolute atomic E-state index is 12.9. The number of rotatable bonds is 6. The van der Waals surface area contributed by atoms with Gasteiger partial charge in [0, 0.05) is 13.0 Å². The van der Waals surface area contributed by atoms with Gasteiger partial charge < -0.3 is 5.11 Å². The van der Waals surface area contributed by atoms with Crippen LogP contribution in [-0.4, -0.2) is 40.3 Å². The van der Waals surface area contributed by atoms with Crippen molar-refractivity contribution in [3.05, 3.63) is 53.1 Å². The van der Waals surface area contributed by atoms with Crippen molar-refractivity contribution < 1.29 is 26.7 Å². The summed E-state index contributed by atoms with van der Waals surface area (Å²) in [5.74, 6) is -0.874. The van der Waals surface area contributed by atoms with Gasteiger partial charge >= 0.3 is 5.97 Å². The Morgan fingerprint density at radius 1 is 1.03 bits per heavy atom. The molecular weight excluding hydrogens is 430 g/mol. The fourth-order valence-electron chi connectivity index (χ4n) is 3.00. The zero-order valence-corrected chi connectivity index (χ0v) is 18.0. The average Bonchev–Trinajstić information content (AvgIpc) is 3.15. The molecule has 0 aromatic heterocycles. The van der Waals surface area contributed by atoms with Gasteiger partial charge in [-0.3, -0.25) is 14.4 Å². The normalized spacial score (nSPS) is 14.3. The van der Waals surface area contributed by atoms with Crippen molar-refractivity contribution in [3.8, 4) is 0 Å². The average molecular weight is 452 g/mol. The second-order valence-electron chi connectivity index (χ2n) is 6.89. The summed E-state index contributed by atoms with van der Waals surface area (Å²) in [6.45, 7) is 3.75. The molecule has 0 atom stereocenters.